The minimum atomic E-state index is -4.94. The van der Waals surface area contributed by atoms with Crippen LogP contribution in [-0.2, 0) is 10.1 Å². The van der Waals surface area contributed by atoms with Crippen LogP contribution in [0.25, 0.3) is 0 Å². The van der Waals surface area contributed by atoms with Gasteiger partial charge in [0.05, 0.1) is 16.3 Å². The molecule has 5 N–H and O–H groups in total. The number of nitrogens with one attached hydrogen (secondary N) is 3. The van der Waals surface area contributed by atoms with E-state index in [0.29, 0.717) is 11.4 Å². The van der Waals surface area contributed by atoms with Crippen LogP contribution in [0.15, 0.2) is 78.2 Å². The summed E-state index contributed by atoms with van der Waals surface area (Å²) >= 11 is 0. The van der Waals surface area contributed by atoms with Crippen molar-refractivity contribution in [1.82, 2.24) is 15.0 Å². The molecule has 4 aromatic rings. The molecule has 0 radical (unpaired) electrons. The third-order valence-corrected chi connectivity index (χ3v) is 5.26. The second-order valence-electron chi connectivity index (χ2n) is 6.78. The summed E-state index contributed by atoms with van der Waals surface area (Å²) in [5.74, 6) is 0.146. The summed E-state index contributed by atoms with van der Waals surface area (Å²) in [5.41, 5.74) is 1.51. The maximum atomic E-state index is 12.2. The fraction of sp³-hybridized carbons (Fsp3) is 0. The van der Waals surface area contributed by atoms with Crippen molar-refractivity contribution in [3.05, 3.63) is 73.3 Å². The number of hydrogen-bond donors (Lipinski definition) is 5. The fourth-order valence-electron chi connectivity index (χ4n) is 2.94. The van der Waals surface area contributed by atoms with Crippen LogP contribution in [0.1, 0.15) is 0 Å². The van der Waals surface area contributed by atoms with Gasteiger partial charge in [0.1, 0.15) is 34.3 Å². The summed E-state index contributed by atoms with van der Waals surface area (Å²) in [7, 11) is -4.94. The topological polar surface area (TPSA) is 172 Å². The Morgan fingerprint density at radius 3 is 1.79 bits per heavy atom. The molecule has 0 bridgehead atoms. The van der Waals surface area contributed by atoms with Crippen LogP contribution in [0.2, 0.25) is 0 Å². The Labute approximate surface area is 217 Å². The Morgan fingerprint density at radius 2 is 1.26 bits per heavy atom. The summed E-state index contributed by atoms with van der Waals surface area (Å²) in [6.07, 6.45) is 2.43. The predicted octanol–water partition coefficient (Wildman–Crippen LogP) is 0.422. The second-order valence-corrected chi connectivity index (χ2v) is 8.13. The van der Waals surface area contributed by atoms with E-state index in [-0.39, 0.29) is 64.1 Å². The SMILES string of the molecule is O=S(=O)([O-])c1cc(Nc2ccc(O)cc2)cc(Nc2ccc(O)cc2)c1Nc1ncncn1.[Na+]. The van der Waals surface area contributed by atoms with Crippen molar-refractivity contribution in [2.24, 2.45) is 0 Å². The molecule has 0 unspecified atom stereocenters. The van der Waals surface area contributed by atoms with Crippen molar-refractivity contribution >= 4 is 44.5 Å². The Morgan fingerprint density at radius 1 is 0.735 bits per heavy atom. The minimum Gasteiger partial charge on any atom is -0.744 e. The Hall–Kier alpha value is -3.42. The Kier molecular flexibility index (Phi) is 7.91. The maximum Gasteiger partial charge on any atom is 1.00 e. The number of hydrogen-bond acceptors (Lipinski definition) is 11. The molecule has 3 aromatic carbocycles. The zero-order valence-corrected chi connectivity index (χ0v) is 20.6. The summed E-state index contributed by atoms with van der Waals surface area (Å²) in [4.78, 5) is 11.0. The van der Waals surface area contributed by atoms with E-state index in [4.69, 9.17) is 0 Å². The van der Waals surface area contributed by atoms with Crippen molar-refractivity contribution in [2.45, 2.75) is 4.90 Å². The van der Waals surface area contributed by atoms with Gasteiger partial charge in [-0.15, -0.1) is 0 Å². The van der Waals surface area contributed by atoms with Crippen molar-refractivity contribution in [2.75, 3.05) is 16.0 Å². The van der Waals surface area contributed by atoms with E-state index in [9.17, 15) is 23.2 Å². The normalized spacial score (nSPS) is 10.7. The molecule has 34 heavy (non-hydrogen) atoms. The average Bonchev–Trinajstić information content (AvgIpc) is 2.78. The molecule has 0 aliphatic heterocycles. The van der Waals surface area contributed by atoms with Crippen molar-refractivity contribution in [3.63, 3.8) is 0 Å². The van der Waals surface area contributed by atoms with E-state index in [0.717, 1.165) is 0 Å². The van der Waals surface area contributed by atoms with Crippen molar-refractivity contribution in [1.29, 1.82) is 0 Å². The molecule has 0 saturated carbocycles. The van der Waals surface area contributed by atoms with Crippen molar-refractivity contribution < 1.29 is 52.7 Å². The molecule has 0 aliphatic rings. The molecule has 0 amide bonds. The number of aromatic nitrogens is 3. The van der Waals surface area contributed by atoms with Gasteiger partial charge in [-0.2, -0.15) is 0 Å². The number of phenolic OH excluding ortho intramolecular Hbond substituents is 2. The number of benzene rings is 3. The maximum absolute atomic E-state index is 12.2. The van der Waals surface area contributed by atoms with Crippen LogP contribution in [0.3, 0.4) is 0 Å². The van der Waals surface area contributed by atoms with Gasteiger partial charge in [-0.3, -0.25) is 0 Å². The average molecular weight is 488 g/mol. The Balaban J connectivity index is 0.00000324. The van der Waals surface area contributed by atoms with Gasteiger partial charge in [-0.25, -0.2) is 23.4 Å². The van der Waals surface area contributed by atoms with Gasteiger partial charge in [0, 0.05) is 17.1 Å². The molecule has 168 valence electrons. The molecule has 0 spiro atoms. The third kappa shape index (κ3) is 6.34. The van der Waals surface area contributed by atoms with E-state index in [2.05, 4.69) is 30.9 Å². The molecule has 0 fully saturated rings. The first-order valence-electron chi connectivity index (χ1n) is 9.43. The standard InChI is InChI=1S/C21H18N6O5S.Na/c28-16-5-1-13(2-6-16)25-15-9-18(26-14-3-7-17(29)8-4-14)20(19(10-15)33(30,31)32)27-21-23-11-22-12-24-21;/h1-12,25-26,28-29H,(H,30,31,32)(H,22,23,24,27);/q;+1/p-1. The van der Waals surface area contributed by atoms with E-state index in [1.54, 1.807) is 30.3 Å². The molecular weight excluding hydrogens is 471 g/mol. The molecule has 4 rings (SSSR count). The first kappa shape index (κ1) is 25.2. The summed E-state index contributed by atoms with van der Waals surface area (Å²) in [5, 5.41) is 27.8. The monoisotopic (exact) mass is 488 g/mol. The molecule has 1 aromatic heterocycles. The third-order valence-electron chi connectivity index (χ3n) is 4.40. The first-order chi connectivity index (χ1) is 15.8. The van der Waals surface area contributed by atoms with Gasteiger partial charge < -0.3 is 30.7 Å². The molecular formula is C21H17N6NaO5S. The molecule has 0 aliphatic carbocycles. The molecule has 1 heterocycles. The molecule has 11 nitrogen and oxygen atoms in total. The minimum absolute atomic E-state index is 0. The van der Waals surface area contributed by atoms with Gasteiger partial charge >= 0.3 is 29.6 Å². The van der Waals surface area contributed by atoms with Gasteiger partial charge in [-0.05, 0) is 60.7 Å². The van der Waals surface area contributed by atoms with Gasteiger partial charge in [0.2, 0.25) is 5.95 Å². The van der Waals surface area contributed by atoms with E-state index < -0.39 is 15.0 Å². The number of nitrogens with zero attached hydrogens (tertiary/aromatic N) is 3. The number of anilines is 6. The predicted molar refractivity (Wildman–Crippen MR) is 120 cm³/mol. The molecule has 13 heteroatoms. The summed E-state index contributed by atoms with van der Waals surface area (Å²) in [6.45, 7) is 0. The van der Waals surface area contributed by atoms with Crippen LogP contribution in [0, 0.1) is 0 Å². The van der Waals surface area contributed by atoms with Crippen LogP contribution in [0.4, 0.5) is 34.4 Å². The quantitative estimate of drug-likeness (QED) is 0.139. The van der Waals surface area contributed by atoms with Gasteiger partial charge in [-0.1, -0.05) is 0 Å². The largest absolute Gasteiger partial charge is 1.00 e. The van der Waals surface area contributed by atoms with Crippen LogP contribution < -0.4 is 45.5 Å². The van der Waals surface area contributed by atoms with Gasteiger partial charge in [0.25, 0.3) is 0 Å². The first-order valence-corrected chi connectivity index (χ1v) is 10.8. The van der Waals surface area contributed by atoms with Crippen LogP contribution >= 0.6 is 0 Å². The molecule has 0 saturated heterocycles. The van der Waals surface area contributed by atoms with E-state index in [1.807, 2.05) is 0 Å². The smallest absolute Gasteiger partial charge is 0.744 e. The van der Waals surface area contributed by atoms with E-state index in [1.165, 1.54) is 43.0 Å². The molecule has 0 atom stereocenters. The number of aromatic hydroxyl groups is 2. The zero-order chi connectivity index (χ0) is 23.4. The van der Waals surface area contributed by atoms with E-state index >= 15 is 0 Å². The van der Waals surface area contributed by atoms with Crippen molar-refractivity contribution in [3.8, 4) is 11.5 Å². The Bertz CT molecular complexity index is 1370. The van der Waals surface area contributed by atoms with Crippen LogP contribution in [0.5, 0.6) is 11.5 Å². The number of rotatable bonds is 7. The summed E-state index contributed by atoms with van der Waals surface area (Å²) < 4.78 is 36.5. The second kappa shape index (κ2) is 10.7. The van der Waals surface area contributed by atoms with Crippen LogP contribution in [-0.4, -0.2) is 38.1 Å². The number of phenols is 2. The summed E-state index contributed by atoms with van der Waals surface area (Å²) in [6, 6.07) is 14.9. The van der Waals surface area contributed by atoms with Gasteiger partial charge in [0.15, 0.2) is 0 Å². The zero-order valence-electron chi connectivity index (χ0n) is 17.8. The fourth-order valence-corrected chi connectivity index (χ4v) is 3.62.